The fourth-order valence-corrected chi connectivity index (χ4v) is 3.20. The van der Waals surface area contributed by atoms with E-state index in [1.54, 1.807) is 50.2 Å². The Morgan fingerprint density at radius 2 is 1.53 bits per heavy atom. The molecule has 0 saturated carbocycles. The molecule has 0 bridgehead atoms. The molecule has 0 saturated heterocycles. The maximum Gasteiger partial charge on any atom is 0.417 e. The molecule has 3 rings (SSSR count). The van der Waals surface area contributed by atoms with Crippen molar-refractivity contribution in [2.75, 3.05) is 5.32 Å². The fourth-order valence-electron chi connectivity index (χ4n) is 3.20. The molecule has 8 heteroatoms. The first-order valence-electron chi connectivity index (χ1n) is 9.49. The summed E-state index contributed by atoms with van der Waals surface area (Å²) in [5.74, 6) is -0.824. The standard InChI is InChI=1S/C23H20F3NO2.CH2O2/c1-14-5-3-6-15(2)21(14)27-22(29)19-12-18(9-10-20(19)23(24,25)26)17-8-4-7-16(11-17)13-28;2-1-3/h3-12,28H,13H2,1-2H3,(H,27,29);1H,(H,2,3). The fraction of sp³-hybridized carbons (Fsp3) is 0.167. The zero-order chi connectivity index (χ0) is 23.9. The minimum atomic E-state index is -4.67. The number of benzene rings is 3. The van der Waals surface area contributed by atoms with Crippen molar-refractivity contribution in [1.82, 2.24) is 0 Å². The summed E-state index contributed by atoms with van der Waals surface area (Å²) in [5, 5.41) is 18.8. The summed E-state index contributed by atoms with van der Waals surface area (Å²) in [5.41, 5.74) is 2.28. The van der Waals surface area contributed by atoms with Crippen molar-refractivity contribution >= 4 is 18.1 Å². The van der Waals surface area contributed by atoms with Crippen LogP contribution in [0.15, 0.2) is 60.7 Å². The van der Waals surface area contributed by atoms with Crippen LogP contribution in [-0.4, -0.2) is 22.6 Å². The Bertz CT molecular complexity index is 1090. The van der Waals surface area contributed by atoms with Gasteiger partial charge in [0.25, 0.3) is 12.4 Å². The Kier molecular flexibility index (Phi) is 8.15. The van der Waals surface area contributed by atoms with Crippen molar-refractivity contribution in [3.05, 3.63) is 88.5 Å². The topological polar surface area (TPSA) is 86.6 Å². The molecule has 0 radical (unpaired) electrons. The number of rotatable bonds is 4. The molecule has 0 aromatic heterocycles. The van der Waals surface area contributed by atoms with Crippen LogP contribution in [0.2, 0.25) is 0 Å². The van der Waals surface area contributed by atoms with Crippen LogP contribution in [0.25, 0.3) is 11.1 Å². The van der Waals surface area contributed by atoms with Gasteiger partial charge in [0.15, 0.2) is 0 Å². The van der Waals surface area contributed by atoms with Crippen molar-refractivity contribution in [2.24, 2.45) is 0 Å². The number of nitrogens with one attached hydrogen (secondary N) is 1. The van der Waals surface area contributed by atoms with Gasteiger partial charge >= 0.3 is 6.18 Å². The Morgan fingerprint density at radius 1 is 0.969 bits per heavy atom. The zero-order valence-corrected chi connectivity index (χ0v) is 17.4. The van der Waals surface area contributed by atoms with Gasteiger partial charge in [0.2, 0.25) is 0 Å². The van der Waals surface area contributed by atoms with Gasteiger partial charge in [0.1, 0.15) is 0 Å². The summed E-state index contributed by atoms with van der Waals surface area (Å²) in [7, 11) is 0. The van der Waals surface area contributed by atoms with E-state index in [0.29, 0.717) is 22.4 Å². The molecular formula is C24H22F3NO4. The monoisotopic (exact) mass is 445 g/mol. The highest BCUT2D eigenvalue weighted by atomic mass is 19.4. The second-order valence-corrected chi connectivity index (χ2v) is 6.94. The van der Waals surface area contributed by atoms with Gasteiger partial charge in [0, 0.05) is 5.69 Å². The molecule has 0 aliphatic carbocycles. The van der Waals surface area contributed by atoms with E-state index in [-0.39, 0.29) is 13.1 Å². The third-order valence-electron chi connectivity index (χ3n) is 4.73. The van der Waals surface area contributed by atoms with Crippen LogP contribution in [0.3, 0.4) is 0 Å². The largest absolute Gasteiger partial charge is 0.483 e. The third-order valence-corrected chi connectivity index (χ3v) is 4.73. The first-order chi connectivity index (χ1) is 15.1. The second-order valence-electron chi connectivity index (χ2n) is 6.94. The van der Waals surface area contributed by atoms with Gasteiger partial charge in [-0.25, -0.2) is 0 Å². The molecule has 5 nitrogen and oxygen atoms in total. The molecular weight excluding hydrogens is 423 g/mol. The molecule has 0 aliphatic rings. The quantitative estimate of drug-likeness (QED) is 0.467. The molecule has 32 heavy (non-hydrogen) atoms. The number of aliphatic hydroxyl groups is 1. The first kappa shape index (κ1) is 24.6. The number of aliphatic hydroxyl groups excluding tert-OH is 1. The van der Waals surface area contributed by atoms with Crippen molar-refractivity contribution in [2.45, 2.75) is 26.6 Å². The van der Waals surface area contributed by atoms with E-state index in [1.165, 1.54) is 12.1 Å². The van der Waals surface area contributed by atoms with Crippen molar-refractivity contribution in [1.29, 1.82) is 0 Å². The van der Waals surface area contributed by atoms with E-state index in [9.17, 15) is 23.1 Å². The van der Waals surface area contributed by atoms with Crippen molar-refractivity contribution in [3.8, 4) is 11.1 Å². The third kappa shape index (κ3) is 5.95. The van der Waals surface area contributed by atoms with E-state index in [2.05, 4.69) is 5.32 Å². The van der Waals surface area contributed by atoms with Gasteiger partial charge in [-0.1, -0.05) is 42.5 Å². The van der Waals surface area contributed by atoms with Crippen LogP contribution in [-0.2, 0) is 17.6 Å². The number of aryl methyl sites for hydroxylation is 2. The van der Waals surface area contributed by atoms with E-state index in [0.717, 1.165) is 17.2 Å². The summed E-state index contributed by atoms with van der Waals surface area (Å²) in [6, 6.07) is 15.7. The number of carbonyl (C=O) groups excluding carboxylic acids is 1. The van der Waals surface area contributed by atoms with Crippen molar-refractivity contribution < 1.29 is 33.0 Å². The number of halogens is 3. The first-order valence-corrected chi connectivity index (χ1v) is 9.49. The maximum absolute atomic E-state index is 13.5. The van der Waals surface area contributed by atoms with Gasteiger partial charge < -0.3 is 15.5 Å². The van der Waals surface area contributed by atoms with E-state index in [1.807, 2.05) is 6.07 Å². The Labute approximate surface area is 183 Å². The normalized spacial score (nSPS) is 10.7. The molecule has 0 fully saturated rings. The molecule has 0 aliphatic heterocycles. The van der Waals surface area contributed by atoms with Crippen LogP contribution < -0.4 is 5.32 Å². The van der Waals surface area contributed by atoms with Crippen LogP contribution in [0, 0.1) is 13.8 Å². The molecule has 3 N–H and O–H groups in total. The number of carbonyl (C=O) groups is 2. The predicted molar refractivity (Wildman–Crippen MR) is 115 cm³/mol. The number of anilines is 1. The summed E-state index contributed by atoms with van der Waals surface area (Å²) in [4.78, 5) is 21.2. The highest BCUT2D eigenvalue weighted by molar-refractivity contribution is 6.07. The van der Waals surface area contributed by atoms with Crippen LogP contribution in [0.5, 0.6) is 0 Å². The van der Waals surface area contributed by atoms with E-state index in [4.69, 9.17) is 9.90 Å². The van der Waals surface area contributed by atoms with Gasteiger partial charge in [-0.2, -0.15) is 13.2 Å². The lowest BCUT2D eigenvalue weighted by Crippen LogP contribution is -2.19. The summed E-state index contributed by atoms with van der Waals surface area (Å²) in [6.45, 7) is 3.13. The lowest BCUT2D eigenvalue weighted by Gasteiger charge is -2.16. The van der Waals surface area contributed by atoms with Gasteiger partial charge in [-0.15, -0.1) is 0 Å². The molecule has 0 spiro atoms. The number of para-hydroxylation sites is 1. The van der Waals surface area contributed by atoms with E-state index < -0.39 is 23.2 Å². The number of amides is 1. The Balaban J connectivity index is 0.00000114. The average molecular weight is 445 g/mol. The molecule has 3 aromatic rings. The summed E-state index contributed by atoms with van der Waals surface area (Å²) < 4.78 is 40.6. The second kappa shape index (κ2) is 10.6. The van der Waals surface area contributed by atoms with Crippen LogP contribution >= 0.6 is 0 Å². The predicted octanol–water partition coefficient (Wildman–Crippen LogP) is 5.43. The number of alkyl halides is 3. The Morgan fingerprint density at radius 3 is 2.09 bits per heavy atom. The zero-order valence-electron chi connectivity index (χ0n) is 17.4. The number of hydrogen-bond acceptors (Lipinski definition) is 3. The SMILES string of the molecule is Cc1cccc(C)c1NC(=O)c1cc(-c2cccc(CO)c2)ccc1C(F)(F)F.O=CO. The number of hydrogen-bond donors (Lipinski definition) is 3. The molecule has 0 unspecified atom stereocenters. The molecule has 0 atom stereocenters. The maximum atomic E-state index is 13.5. The molecule has 3 aromatic carbocycles. The van der Waals surface area contributed by atoms with Crippen LogP contribution in [0.1, 0.15) is 32.6 Å². The Hall–Kier alpha value is -3.65. The molecule has 168 valence electrons. The van der Waals surface area contributed by atoms with E-state index >= 15 is 0 Å². The average Bonchev–Trinajstić information content (AvgIpc) is 2.76. The van der Waals surface area contributed by atoms with Gasteiger partial charge in [0.05, 0.1) is 17.7 Å². The van der Waals surface area contributed by atoms with Crippen LogP contribution in [0.4, 0.5) is 18.9 Å². The summed E-state index contributed by atoms with van der Waals surface area (Å²) in [6.07, 6.45) is -4.67. The van der Waals surface area contributed by atoms with Gasteiger partial charge in [-0.3, -0.25) is 9.59 Å². The number of carboxylic acid groups (broad SMARTS) is 1. The lowest BCUT2D eigenvalue weighted by molar-refractivity contribution is -0.137. The highest BCUT2D eigenvalue weighted by Crippen LogP contribution is 2.35. The molecule has 1 amide bonds. The summed E-state index contributed by atoms with van der Waals surface area (Å²) >= 11 is 0. The molecule has 0 heterocycles. The lowest BCUT2D eigenvalue weighted by atomic mass is 9.97. The smallest absolute Gasteiger partial charge is 0.417 e. The minimum absolute atomic E-state index is 0.186. The highest BCUT2D eigenvalue weighted by Gasteiger charge is 2.35. The van der Waals surface area contributed by atoms with Crippen molar-refractivity contribution in [3.63, 3.8) is 0 Å². The minimum Gasteiger partial charge on any atom is -0.483 e. The van der Waals surface area contributed by atoms with Gasteiger partial charge in [-0.05, 0) is 59.9 Å².